The van der Waals surface area contributed by atoms with E-state index in [0.29, 0.717) is 5.92 Å². The molecule has 1 aliphatic heterocycles. The summed E-state index contributed by atoms with van der Waals surface area (Å²) in [5.74, 6) is 1.66. The maximum absolute atomic E-state index is 9.22. The van der Waals surface area contributed by atoms with E-state index in [2.05, 4.69) is 44.6 Å². The van der Waals surface area contributed by atoms with Crippen LogP contribution in [0.5, 0.6) is 0 Å². The van der Waals surface area contributed by atoms with Crippen LogP contribution in [0.15, 0.2) is 17.8 Å². The molecule has 1 aliphatic rings. The number of hydrogen-bond donors (Lipinski definition) is 1. The third-order valence-electron chi connectivity index (χ3n) is 4.51. The number of thiazole rings is 1. The van der Waals surface area contributed by atoms with E-state index in [9.17, 15) is 5.11 Å². The van der Waals surface area contributed by atoms with Crippen LogP contribution in [-0.2, 0) is 13.2 Å². The Balaban J connectivity index is 1.65. The van der Waals surface area contributed by atoms with Crippen molar-refractivity contribution < 1.29 is 5.11 Å². The van der Waals surface area contributed by atoms with Gasteiger partial charge in [-0.1, -0.05) is 0 Å². The number of hydrogen-bond acceptors (Lipinski definition) is 6. The predicted molar refractivity (Wildman–Crippen MR) is 97.6 cm³/mol. The molecule has 1 N–H and O–H groups in total. The normalized spacial score (nSPS) is 18.5. The molecular formula is C17H27N5OS. The van der Waals surface area contributed by atoms with Crippen LogP contribution in [0, 0.1) is 0 Å². The Hall–Kier alpha value is -1.44. The Morgan fingerprint density at radius 2 is 2.29 bits per heavy atom. The van der Waals surface area contributed by atoms with E-state index in [-0.39, 0.29) is 6.61 Å². The highest BCUT2D eigenvalue weighted by atomic mass is 32.1. The zero-order valence-corrected chi connectivity index (χ0v) is 15.4. The lowest BCUT2D eigenvalue weighted by molar-refractivity contribution is 0.277. The van der Waals surface area contributed by atoms with Gasteiger partial charge in [-0.3, -0.25) is 0 Å². The first-order valence-corrected chi connectivity index (χ1v) is 9.51. The number of nitrogens with zero attached hydrogens (tertiary/aromatic N) is 5. The van der Waals surface area contributed by atoms with Gasteiger partial charge >= 0.3 is 0 Å². The fourth-order valence-corrected chi connectivity index (χ4v) is 4.16. The van der Waals surface area contributed by atoms with Crippen LogP contribution < -0.4 is 4.90 Å². The average molecular weight is 350 g/mol. The summed E-state index contributed by atoms with van der Waals surface area (Å²) in [5, 5.41) is 12.2. The Morgan fingerprint density at radius 3 is 3.04 bits per heavy atom. The fourth-order valence-electron chi connectivity index (χ4n) is 3.30. The third-order valence-corrected chi connectivity index (χ3v) is 5.46. The summed E-state index contributed by atoms with van der Waals surface area (Å²) in [6.45, 7) is 4.14. The molecule has 2 aromatic rings. The molecule has 24 heavy (non-hydrogen) atoms. The molecule has 0 bridgehead atoms. The van der Waals surface area contributed by atoms with Crippen molar-refractivity contribution in [2.45, 2.75) is 38.3 Å². The molecule has 2 aromatic heterocycles. The number of imidazole rings is 1. The highest BCUT2D eigenvalue weighted by Crippen LogP contribution is 2.31. The maximum atomic E-state index is 9.22. The molecule has 0 aromatic carbocycles. The molecule has 1 atom stereocenters. The molecule has 0 amide bonds. The topological polar surface area (TPSA) is 57.4 Å². The van der Waals surface area contributed by atoms with Gasteiger partial charge in [0.1, 0.15) is 5.82 Å². The van der Waals surface area contributed by atoms with Crippen LogP contribution in [0.2, 0.25) is 0 Å². The first-order valence-electron chi connectivity index (χ1n) is 8.63. The first kappa shape index (κ1) is 17.4. The lowest BCUT2D eigenvalue weighted by atomic mass is 9.97. The van der Waals surface area contributed by atoms with Crippen LogP contribution in [0.1, 0.15) is 36.7 Å². The van der Waals surface area contributed by atoms with Crippen molar-refractivity contribution in [2.24, 2.45) is 0 Å². The minimum atomic E-state index is 0.0179. The molecule has 132 valence electrons. The SMILES string of the molecule is CN(C)CCCn1ccnc1[C@H]1CCCN(c2nc(CO)cs2)C1. The zero-order valence-electron chi connectivity index (χ0n) is 14.6. The highest BCUT2D eigenvalue weighted by molar-refractivity contribution is 7.13. The van der Waals surface area contributed by atoms with E-state index in [1.807, 2.05) is 11.6 Å². The second-order valence-electron chi connectivity index (χ2n) is 6.70. The van der Waals surface area contributed by atoms with E-state index in [0.717, 1.165) is 49.8 Å². The Bertz CT molecular complexity index is 638. The molecule has 0 aliphatic carbocycles. The minimum Gasteiger partial charge on any atom is -0.390 e. The van der Waals surface area contributed by atoms with E-state index >= 15 is 0 Å². The Morgan fingerprint density at radius 1 is 1.42 bits per heavy atom. The van der Waals surface area contributed by atoms with Gasteiger partial charge in [-0.2, -0.15) is 0 Å². The number of piperidine rings is 1. The highest BCUT2D eigenvalue weighted by Gasteiger charge is 2.26. The molecule has 1 fully saturated rings. The van der Waals surface area contributed by atoms with Crippen molar-refractivity contribution in [3.63, 3.8) is 0 Å². The number of anilines is 1. The van der Waals surface area contributed by atoms with Crippen molar-refractivity contribution in [3.8, 4) is 0 Å². The van der Waals surface area contributed by atoms with Gasteiger partial charge < -0.3 is 19.5 Å². The fraction of sp³-hybridized carbons (Fsp3) is 0.647. The van der Waals surface area contributed by atoms with Gasteiger partial charge in [-0.25, -0.2) is 9.97 Å². The van der Waals surface area contributed by atoms with E-state index in [1.54, 1.807) is 11.3 Å². The molecule has 3 heterocycles. The molecular weight excluding hydrogens is 322 g/mol. The zero-order chi connectivity index (χ0) is 16.9. The van der Waals surface area contributed by atoms with Crippen LogP contribution in [-0.4, -0.2) is 58.3 Å². The average Bonchev–Trinajstić information content (AvgIpc) is 3.24. The van der Waals surface area contributed by atoms with Crippen molar-refractivity contribution in [3.05, 3.63) is 29.3 Å². The maximum Gasteiger partial charge on any atom is 0.185 e. The summed E-state index contributed by atoms with van der Waals surface area (Å²) < 4.78 is 2.32. The standard InChI is InChI=1S/C17H27N5OS/c1-20(2)7-4-9-21-10-6-18-16(21)14-5-3-8-22(11-14)17-19-15(12-23)13-24-17/h6,10,13-14,23H,3-5,7-9,11-12H2,1-2H3/t14-/m0/s1. The second-order valence-corrected chi connectivity index (χ2v) is 7.54. The van der Waals surface area contributed by atoms with E-state index < -0.39 is 0 Å². The number of aliphatic hydroxyl groups excluding tert-OH is 1. The van der Waals surface area contributed by atoms with Crippen LogP contribution in [0.25, 0.3) is 0 Å². The van der Waals surface area contributed by atoms with Gasteiger partial charge in [0.15, 0.2) is 5.13 Å². The lowest BCUT2D eigenvalue weighted by Gasteiger charge is -2.32. The minimum absolute atomic E-state index is 0.0179. The smallest absolute Gasteiger partial charge is 0.185 e. The Kier molecular flexibility index (Phi) is 5.86. The molecule has 0 spiro atoms. The molecule has 0 radical (unpaired) electrons. The summed E-state index contributed by atoms with van der Waals surface area (Å²) in [7, 11) is 4.23. The molecule has 3 rings (SSSR count). The first-order chi connectivity index (χ1) is 11.7. The summed E-state index contributed by atoms with van der Waals surface area (Å²) in [6.07, 6.45) is 7.51. The quantitative estimate of drug-likeness (QED) is 0.830. The monoisotopic (exact) mass is 349 g/mol. The molecule has 0 unspecified atom stereocenters. The number of aryl methyl sites for hydroxylation is 1. The lowest BCUT2D eigenvalue weighted by Crippen LogP contribution is -2.35. The van der Waals surface area contributed by atoms with Crippen LogP contribution in [0.3, 0.4) is 0 Å². The van der Waals surface area contributed by atoms with Gasteiger partial charge in [0.05, 0.1) is 12.3 Å². The molecule has 1 saturated heterocycles. The van der Waals surface area contributed by atoms with Crippen molar-refractivity contribution in [2.75, 3.05) is 38.6 Å². The van der Waals surface area contributed by atoms with Gasteiger partial charge in [0, 0.05) is 43.3 Å². The van der Waals surface area contributed by atoms with Gasteiger partial charge in [-0.05, 0) is 39.9 Å². The summed E-state index contributed by atoms with van der Waals surface area (Å²) in [4.78, 5) is 13.7. The van der Waals surface area contributed by atoms with Crippen LogP contribution >= 0.6 is 11.3 Å². The summed E-state index contributed by atoms with van der Waals surface area (Å²) >= 11 is 1.62. The molecule has 6 nitrogen and oxygen atoms in total. The molecule has 7 heteroatoms. The van der Waals surface area contributed by atoms with Crippen LogP contribution in [0.4, 0.5) is 5.13 Å². The number of aromatic nitrogens is 3. The second kappa shape index (κ2) is 8.09. The largest absolute Gasteiger partial charge is 0.390 e. The third kappa shape index (κ3) is 4.15. The summed E-state index contributed by atoms with van der Waals surface area (Å²) in [6, 6.07) is 0. The Labute approximate surface area is 147 Å². The predicted octanol–water partition coefficient (Wildman–Crippen LogP) is 2.17. The number of aliphatic hydroxyl groups is 1. The van der Waals surface area contributed by atoms with E-state index in [1.165, 1.54) is 12.2 Å². The van der Waals surface area contributed by atoms with E-state index in [4.69, 9.17) is 0 Å². The molecule has 0 saturated carbocycles. The summed E-state index contributed by atoms with van der Waals surface area (Å²) in [5.41, 5.74) is 0.766. The van der Waals surface area contributed by atoms with Gasteiger partial charge in [-0.15, -0.1) is 11.3 Å². The van der Waals surface area contributed by atoms with Gasteiger partial charge in [0.25, 0.3) is 0 Å². The van der Waals surface area contributed by atoms with Gasteiger partial charge in [0.2, 0.25) is 0 Å². The van der Waals surface area contributed by atoms with Crippen molar-refractivity contribution >= 4 is 16.5 Å². The number of rotatable bonds is 7. The van der Waals surface area contributed by atoms with Crippen molar-refractivity contribution in [1.82, 2.24) is 19.4 Å². The van der Waals surface area contributed by atoms with Crippen molar-refractivity contribution in [1.29, 1.82) is 0 Å².